The van der Waals surface area contributed by atoms with Gasteiger partial charge in [0.15, 0.2) is 0 Å². The highest BCUT2D eigenvalue weighted by Crippen LogP contribution is 2.25. The second-order valence-corrected chi connectivity index (χ2v) is 5.96. The highest BCUT2D eigenvalue weighted by molar-refractivity contribution is 5.58. The largest absolute Gasteiger partial charge is 0.496 e. The molecule has 1 aromatic heterocycles. The van der Waals surface area contributed by atoms with E-state index in [9.17, 15) is 0 Å². The van der Waals surface area contributed by atoms with Crippen LogP contribution in [-0.2, 0) is 6.54 Å². The second kappa shape index (κ2) is 9.19. The molecule has 7 heteroatoms. The van der Waals surface area contributed by atoms with Crippen molar-refractivity contribution in [1.82, 2.24) is 20.2 Å². The summed E-state index contributed by atoms with van der Waals surface area (Å²) in [4.78, 5) is 11.1. The number of hydrogen-bond donors (Lipinski definition) is 3. The van der Waals surface area contributed by atoms with Crippen LogP contribution >= 0.6 is 0 Å². The Morgan fingerprint density at radius 1 is 1.16 bits per heavy atom. The van der Waals surface area contributed by atoms with Crippen LogP contribution in [0.15, 0.2) is 24.3 Å². The lowest BCUT2D eigenvalue weighted by Crippen LogP contribution is -2.27. The van der Waals surface area contributed by atoms with E-state index in [-0.39, 0.29) is 0 Å². The number of rotatable bonds is 9. The number of nitrogens with zero attached hydrogens (tertiary/aromatic N) is 3. The van der Waals surface area contributed by atoms with E-state index in [0.29, 0.717) is 5.95 Å². The zero-order valence-electron chi connectivity index (χ0n) is 15.7. The van der Waals surface area contributed by atoms with Crippen molar-refractivity contribution in [3.05, 3.63) is 35.5 Å². The average Bonchev–Trinajstić information content (AvgIpc) is 2.59. The Kier molecular flexibility index (Phi) is 6.97. The summed E-state index contributed by atoms with van der Waals surface area (Å²) in [5.41, 5.74) is 2.96. The van der Waals surface area contributed by atoms with E-state index in [4.69, 9.17) is 4.74 Å². The number of likely N-dealkylation sites (N-methyl/N-ethyl adjacent to an activating group) is 2. The number of ether oxygens (including phenoxy) is 1. The van der Waals surface area contributed by atoms with E-state index < -0.39 is 0 Å². The van der Waals surface area contributed by atoms with Gasteiger partial charge < -0.3 is 25.6 Å². The van der Waals surface area contributed by atoms with Crippen LogP contribution in [0.2, 0.25) is 0 Å². The molecule has 0 atom stereocenters. The van der Waals surface area contributed by atoms with E-state index >= 15 is 0 Å². The van der Waals surface area contributed by atoms with Crippen LogP contribution in [-0.4, -0.2) is 56.2 Å². The molecular formula is C18H28N6O. The highest BCUT2D eigenvalue weighted by atomic mass is 16.5. The van der Waals surface area contributed by atoms with Gasteiger partial charge in [0, 0.05) is 49.7 Å². The molecule has 0 aliphatic heterocycles. The van der Waals surface area contributed by atoms with Gasteiger partial charge in [-0.15, -0.1) is 0 Å². The molecule has 0 aliphatic carbocycles. The average molecular weight is 344 g/mol. The Morgan fingerprint density at radius 2 is 1.96 bits per heavy atom. The fourth-order valence-electron chi connectivity index (χ4n) is 2.53. The Labute approximate surface area is 149 Å². The van der Waals surface area contributed by atoms with Crippen LogP contribution in [0, 0.1) is 6.92 Å². The Balaban J connectivity index is 2.19. The first kappa shape index (κ1) is 19.0. The summed E-state index contributed by atoms with van der Waals surface area (Å²) in [7, 11) is 7.60. The van der Waals surface area contributed by atoms with Crippen molar-refractivity contribution < 1.29 is 4.74 Å². The van der Waals surface area contributed by atoms with Crippen LogP contribution in [0.25, 0.3) is 0 Å². The number of aryl methyl sites for hydroxylation is 1. The molecule has 3 N–H and O–H groups in total. The lowest BCUT2D eigenvalue weighted by Gasteiger charge is -2.19. The molecule has 0 radical (unpaired) electrons. The number of nitrogens with one attached hydrogen (secondary N) is 3. The van der Waals surface area contributed by atoms with E-state index in [2.05, 4.69) is 43.9 Å². The number of methoxy groups -OCH3 is 1. The van der Waals surface area contributed by atoms with Gasteiger partial charge in [0.25, 0.3) is 0 Å². The van der Waals surface area contributed by atoms with E-state index in [1.165, 1.54) is 0 Å². The fourth-order valence-corrected chi connectivity index (χ4v) is 2.53. The molecule has 0 saturated carbocycles. The van der Waals surface area contributed by atoms with Crippen molar-refractivity contribution in [3.63, 3.8) is 0 Å². The highest BCUT2D eigenvalue weighted by Gasteiger charge is 2.09. The third-order valence-electron chi connectivity index (χ3n) is 3.83. The van der Waals surface area contributed by atoms with Crippen molar-refractivity contribution in [2.24, 2.45) is 0 Å². The normalized spacial score (nSPS) is 10.8. The molecular weight excluding hydrogens is 316 g/mol. The van der Waals surface area contributed by atoms with Crippen molar-refractivity contribution in [3.8, 4) is 5.75 Å². The zero-order chi connectivity index (χ0) is 18.2. The SMILES string of the molecule is CNCCN(C)Cc1cc(Nc2nc(C)cc(NC)n2)ccc1OC. The van der Waals surface area contributed by atoms with Crippen LogP contribution < -0.4 is 20.7 Å². The molecule has 0 amide bonds. The minimum absolute atomic E-state index is 0.573. The van der Waals surface area contributed by atoms with E-state index in [1.807, 2.05) is 39.2 Å². The van der Waals surface area contributed by atoms with Crippen LogP contribution in [0.3, 0.4) is 0 Å². The first-order chi connectivity index (χ1) is 12.0. The van der Waals surface area contributed by atoms with Gasteiger partial charge in [-0.1, -0.05) is 0 Å². The van der Waals surface area contributed by atoms with Gasteiger partial charge >= 0.3 is 0 Å². The third kappa shape index (κ3) is 5.58. The second-order valence-electron chi connectivity index (χ2n) is 5.96. The molecule has 0 saturated heterocycles. The molecule has 0 aliphatic rings. The molecule has 0 spiro atoms. The van der Waals surface area contributed by atoms with Crippen LogP contribution in [0.5, 0.6) is 5.75 Å². The van der Waals surface area contributed by atoms with Gasteiger partial charge in [-0.3, -0.25) is 0 Å². The molecule has 25 heavy (non-hydrogen) atoms. The lowest BCUT2D eigenvalue weighted by molar-refractivity contribution is 0.318. The van der Waals surface area contributed by atoms with Crippen molar-refractivity contribution in [1.29, 1.82) is 0 Å². The third-order valence-corrected chi connectivity index (χ3v) is 3.83. The lowest BCUT2D eigenvalue weighted by atomic mass is 10.1. The summed E-state index contributed by atoms with van der Waals surface area (Å²) in [5, 5.41) is 9.49. The minimum atomic E-state index is 0.573. The maximum absolute atomic E-state index is 5.50. The number of anilines is 3. The van der Waals surface area contributed by atoms with Crippen LogP contribution in [0.4, 0.5) is 17.5 Å². The zero-order valence-corrected chi connectivity index (χ0v) is 15.7. The maximum Gasteiger partial charge on any atom is 0.229 e. The summed E-state index contributed by atoms with van der Waals surface area (Å²) in [6.45, 7) is 4.66. The van der Waals surface area contributed by atoms with Crippen molar-refractivity contribution in [2.75, 3.05) is 52.0 Å². The smallest absolute Gasteiger partial charge is 0.229 e. The Bertz CT molecular complexity index is 691. The van der Waals surface area contributed by atoms with Gasteiger partial charge in [-0.2, -0.15) is 4.98 Å². The minimum Gasteiger partial charge on any atom is -0.496 e. The predicted octanol–water partition coefficient (Wildman–Crippen LogP) is 2.23. The summed E-state index contributed by atoms with van der Waals surface area (Å²) < 4.78 is 5.50. The molecule has 0 fully saturated rings. The van der Waals surface area contributed by atoms with Gasteiger partial charge in [-0.25, -0.2) is 4.98 Å². The first-order valence-electron chi connectivity index (χ1n) is 8.36. The summed E-state index contributed by atoms with van der Waals surface area (Å²) >= 11 is 0. The molecule has 1 aromatic carbocycles. The number of aromatic nitrogens is 2. The number of benzene rings is 1. The van der Waals surface area contributed by atoms with Gasteiger partial charge in [0.05, 0.1) is 7.11 Å². The molecule has 0 unspecified atom stereocenters. The Morgan fingerprint density at radius 3 is 2.64 bits per heavy atom. The Hall–Kier alpha value is -2.38. The van der Waals surface area contributed by atoms with E-state index in [0.717, 1.165) is 48.1 Å². The van der Waals surface area contributed by atoms with Crippen molar-refractivity contribution in [2.45, 2.75) is 13.5 Å². The molecule has 2 rings (SSSR count). The quantitative estimate of drug-likeness (QED) is 0.644. The fraction of sp³-hybridized carbons (Fsp3) is 0.444. The molecule has 1 heterocycles. The summed E-state index contributed by atoms with van der Waals surface area (Å²) in [5.74, 6) is 2.24. The van der Waals surface area contributed by atoms with Gasteiger partial charge in [0.1, 0.15) is 11.6 Å². The summed E-state index contributed by atoms with van der Waals surface area (Å²) in [6.07, 6.45) is 0. The number of hydrogen-bond acceptors (Lipinski definition) is 7. The molecule has 7 nitrogen and oxygen atoms in total. The van der Waals surface area contributed by atoms with Gasteiger partial charge in [0.2, 0.25) is 5.95 Å². The summed E-state index contributed by atoms with van der Waals surface area (Å²) in [6, 6.07) is 7.93. The van der Waals surface area contributed by atoms with Crippen LogP contribution in [0.1, 0.15) is 11.3 Å². The molecule has 2 aromatic rings. The topological polar surface area (TPSA) is 74.3 Å². The molecule has 136 valence electrons. The van der Waals surface area contributed by atoms with Gasteiger partial charge in [-0.05, 0) is 39.2 Å². The molecule has 0 bridgehead atoms. The monoisotopic (exact) mass is 344 g/mol. The first-order valence-corrected chi connectivity index (χ1v) is 8.36. The van der Waals surface area contributed by atoms with Crippen molar-refractivity contribution >= 4 is 17.5 Å². The standard InChI is InChI=1S/C18H28N6O/c1-13-10-17(20-3)23-18(21-13)22-15-6-7-16(25-5)14(11-15)12-24(4)9-8-19-2/h6-7,10-11,19H,8-9,12H2,1-5H3,(H2,20,21,22,23). The maximum atomic E-state index is 5.50. The predicted molar refractivity (Wildman–Crippen MR) is 103 cm³/mol. The van der Waals surface area contributed by atoms with E-state index in [1.54, 1.807) is 7.11 Å².